The van der Waals surface area contributed by atoms with Gasteiger partial charge in [0.2, 0.25) is 5.91 Å². The number of halogens is 2. The molecule has 1 aromatic rings. The van der Waals surface area contributed by atoms with Crippen molar-refractivity contribution in [2.45, 2.75) is 13.0 Å². The highest BCUT2D eigenvalue weighted by Crippen LogP contribution is 2.36. The van der Waals surface area contributed by atoms with Gasteiger partial charge >= 0.3 is 0 Å². The average Bonchev–Trinajstić information content (AvgIpc) is 2.77. The predicted octanol–water partition coefficient (Wildman–Crippen LogP) is 2.48. The van der Waals surface area contributed by atoms with Crippen LogP contribution in [0.1, 0.15) is 18.5 Å². The highest BCUT2D eigenvalue weighted by Gasteiger charge is 2.22. The van der Waals surface area contributed by atoms with Crippen molar-refractivity contribution in [1.29, 1.82) is 0 Å². The van der Waals surface area contributed by atoms with Crippen LogP contribution in [0.5, 0.6) is 0 Å². The molecular formula is C13H19Cl2N3OS. The van der Waals surface area contributed by atoms with E-state index in [1.54, 1.807) is 0 Å². The van der Waals surface area contributed by atoms with Crippen molar-refractivity contribution in [3.63, 3.8) is 0 Å². The molecule has 1 aromatic heterocycles. The van der Waals surface area contributed by atoms with Gasteiger partial charge in [0.05, 0.1) is 15.2 Å². The predicted molar refractivity (Wildman–Crippen MR) is 84.8 cm³/mol. The lowest BCUT2D eigenvalue weighted by Crippen LogP contribution is -2.49. The van der Waals surface area contributed by atoms with Crippen LogP contribution in [0.2, 0.25) is 8.67 Å². The van der Waals surface area contributed by atoms with Crippen LogP contribution >= 0.6 is 34.5 Å². The number of nitrogens with zero attached hydrogens (tertiary/aromatic N) is 2. The van der Waals surface area contributed by atoms with E-state index in [1.807, 2.05) is 29.8 Å². The summed E-state index contributed by atoms with van der Waals surface area (Å²) < 4.78 is 1.38. The third kappa shape index (κ3) is 3.86. The van der Waals surface area contributed by atoms with E-state index in [0.717, 1.165) is 31.7 Å². The zero-order valence-corrected chi connectivity index (χ0v) is 14.0. The zero-order chi connectivity index (χ0) is 14.7. The first kappa shape index (κ1) is 16.0. The molecule has 1 saturated heterocycles. The largest absolute Gasteiger partial charge is 0.339 e. The molecule has 0 aliphatic carbocycles. The maximum atomic E-state index is 12.2. The van der Waals surface area contributed by atoms with Crippen LogP contribution in [0.3, 0.4) is 0 Å². The summed E-state index contributed by atoms with van der Waals surface area (Å²) in [6, 6.07) is 1.95. The van der Waals surface area contributed by atoms with Gasteiger partial charge in [-0.2, -0.15) is 0 Å². The summed E-state index contributed by atoms with van der Waals surface area (Å²) in [6.07, 6.45) is 0. The number of likely N-dealkylation sites (N-methyl/N-ethyl adjacent to an activating group) is 1. The van der Waals surface area contributed by atoms with Gasteiger partial charge in [0.25, 0.3) is 0 Å². The molecule has 0 aromatic carbocycles. The minimum Gasteiger partial charge on any atom is -0.339 e. The fourth-order valence-electron chi connectivity index (χ4n) is 2.24. The molecule has 4 nitrogen and oxygen atoms in total. The molecule has 0 radical (unpaired) electrons. The van der Waals surface area contributed by atoms with Gasteiger partial charge in [0, 0.05) is 37.8 Å². The number of rotatable bonds is 4. The first-order valence-corrected chi connectivity index (χ1v) is 8.19. The second kappa shape index (κ2) is 7.09. The molecule has 0 spiro atoms. The van der Waals surface area contributed by atoms with Crippen molar-refractivity contribution in [3.05, 3.63) is 20.3 Å². The van der Waals surface area contributed by atoms with Gasteiger partial charge in [-0.3, -0.25) is 9.69 Å². The van der Waals surface area contributed by atoms with Crippen LogP contribution in [-0.4, -0.2) is 55.5 Å². The van der Waals surface area contributed by atoms with Crippen LogP contribution in [-0.2, 0) is 4.79 Å². The number of hydrogen-bond acceptors (Lipinski definition) is 4. The normalized spacial score (nSPS) is 17.6. The fraction of sp³-hybridized carbons (Fsp3) is 0.615. The standard InChI is InChI=1S/C13H19Cl2N3OS/c1-9(10-7-11(14)20-13(10)15)17(2)8-12(19)18-5-3-16-4-6-18/h7,9,16H,3-6,8H2,1-2H3. The minimum atomic E-state index is 0.0677. The molecule has 1 N–H and O–H groups in total. The smallest absolute Gasteiger partial charge is 0.236 e. The maximum Gasteiger partial charge on any atom is 0.236 e. The van der Waals surface area contributed by atoms with Crippen molar-refractivity contribution in [3.8, 4) is 0 Å². The molecule has 0 bridgehead atoms. The Hall–Kier alpha value is -0.330. The molecule has 0 saturated carbocycles. The Kier molecular flexibility index (Phi) is 5.69. The lowest BCUT2D eigenvalue weighted by Gasteiger charge is -2.31. The van der Waals surface area contributed by atoms with Gasteiger partial charge in [0.1, 0.15) is 0 Å². The molecule has 1 aliphatic rings. The number of carbonyl (C=O) groups is 1. The van der Waals surface area contributed by atoms with E-state index in [2.05, 4.69) is 5.32 Å². The molecule has 7 heteroatoms. The number of hydrogen-bond donors (Lipinski definition) is 1. The summed E-state index contributed by atoms with van der Waals surface area (Å²) in [5.41, 5.74) is 0.984. The summed E-state index contributed by atoms with van der Waals surface area (Å²) in [4.78, 5) is 16.1. The summed E-state index contributed by atoms with van der Waals surface area (Å²) in [5.74, 6) is 0.165. The highest BCUT2D eigenvalue weighted by atomic mass is 35.5. The van der Waals surface area contributed by atoms with Gasteiger partial charge < -0.3 is 10.2 Å². The van der Waals surface area contributed by atoms with Gasteiger partial charge in [-0.1, -0.05) is 23.2 Å². The number of thiophene rings is 1. The molecule has 2 rings (SSSR count). The molecule has 112 valence electrons. The molecule has 1 fully saturated rings. The molecule has 1 atom stereocenters. The topological polar surface area (TPSA) is 35.6 Å². The molecular weight excluding hydrogens is 317 g/mol. The van der Waals surface area contributed by atoms with Crippen LogP contribution < -0.4 is 5.32 Å². The molecule has 20 heavy (non-hydrogen) atoms. The van der Waals surface area contributed by atoms with Crippen LogP contribution in [0.4, 0.5) is 0 Å². The van der Waals surface area contributed by atoms with E-state index in [0.29, 0.717) is 15.2 Å². The number of carbonyl (C=O) groups excluding carboxylic acids is 1. The summed E-state index contributed by atoms with van der Waals surface area (Å²) >= 11 is 13.5. The first-order chi connectivity index (χ1) is 9.49. The SMILES string of the molecule is CC(c1cc(Cl)sc1Cl)N(C)CC(=O)N1CCNCC1. The van der Waals surface area contributed by atoms with Crippen molar-refractivity contribution in [2.75, 3.05) is 39.8 Å². The monoisotopic (exact) mass is 335 g/mol. The van der Waals surface area contributed by atoms with E-state index < -0.39 is 0 Å². The van der Waals surface area contributed by atoms with E-state index in [4.69, 9.17) is 23.2 Å². The van der Waals surface area contributed by atoms with E-state index >= 15 is 0 Å². The number of amides is 1. The Morgan fingerprint density at radius 2 is 2.15 bits per heavy atom. The van der Waals surface area contributed by atoms with Crippen molar-refractivity contribution >= 4 is 40.4 Å². The Morgan fingerprint density at radius 3 is 2.70 bits per heavy atom. The van der Waals surface area contributed by atoms with Gasteiger partial charge in [-0.25, -0.2) is 0 Å². The second-order valence-corrected chi connectivity index (χ2v) is 7.29. The Morgan fingerprint density at radius 1 is 1.50 bits per heavy atom. The molecule has 1 amide bonds. The van der Waals surface area contributed by atoms with E-state index in [-0.39, 0.29) is 11.9 Å². The Balaban J connectivity index is 1.95. The van der Waals surface area contributed by atoms with Gasteiger partial charge in [0.15, 0.2) is 0 Å². The van der Waals surface area contributed by atoms with Gasteiger partial charge in [-0.05, 0) is 20.0 Å². The Bertz CT molecular complexity index is 474. The Labute approximate surface area is 133 Å². The number of nitrogens with one attached hydrogen (secondary N) is 1. The van der Waals surface area contributed by atoms with E-state index in [1.165, 1.54) is 11.3 Å². The fourth-order valence-corrected chi connectivity index (χ4v) is 3.87. The first-order valence-electron chi connectivity index (χ1n) is 6.62. The lowest BCUT2D eigenvalue weighted by molar-refractivity contribution is -0.133. The maximum absolute atomic E-state index is 12.2. The molecule has 1 unspecified atom stereocenters. The molecule has 1 aliphatic heterocycles. The summed E-state index contributed by atoms with van der Waals surface area (Å²) in [7, 11) is 1.94. The average molecular weight is 336 g/mol. The van der Waals surface area contributed by atoms with Gasteiger partial charge in [-0.15, -0.1) is 11.3 Å². The lowest BCUT2D eigenvalue weighted by atomic mass is 10.1. The number of piperazine rings is 1. The quantitative estimate of drug-likeness (QED) is 0.918. The zero-order valence-electron chi connectivity index (χ0n) is 11.7. The molecule has 2 heterocycles. The van der Waals surface area contributed by atoms with E-state index in [9.17, 15) is 4.79 Å². The van der Waals surface area contributed by atoms with Crippen LogP contribution in [0.15, 0.2) is 6.07 Å². The summed E-state index contributed by atoms with van der Waals surface area (Å²) in [6.45, 7) is 5.74. The van der Waals surface area contributed by atoms with Crippen LogP contribution in [0, 0.1) is 0 Å². The highest BCUT2D eigenvalue weighted by molar-refractivity contribution is 7.20. The van der Waals surface area contributed by atoms with Crippen molar-refractivity contribution < 1.29 is 4.79 Å². The minimum absolute atomic E-state index is 0.0677. The third-order valence-electron chi connectivity index (χ3n) is 3.65. The van der Waals surface area contributed by atoms with Crippen molar-refractivity contribution in [1.82, 2.24) is 15.1 Å². The second-order valence-electron chi connectivity index (χ2n) is 5.00. The van der Waals surface area contributed by atoms with Crippen molar-refractivity contribution in [2.24, 2.45) is 0 Å². The third-order valence-corrected chi connectivity index (χ3v) is 5.17. The van der Waals surface area contributed by atoms with Crippen LogP contribution in [0.25, 0.3) is 0 Å². The summed E-state index contributed by atoms with van der Waals surface area (Å²) in [5, 5.41) is 3.24.